The highest BCUT2D eigenvalue weighted by molar-refractivity contribution is 7.98. The number of thioether (sulfide) groups is 1. The van der Waals surface area contributed by atoms with E-state index in [0.717, 1.165) is 16.9 Å². The van der Waals surface area contributed by atoms with Crippen LogP contribution in [-0.4, -0.2) is 32.7 Å². The summed E-state index contributed by atoms with van der Waals surface area (Å²) >= 11 is 2.92. The van der Waals surface area contributed by atoms with Crippen molar-refractivity contribution >= 4 is 44.4 Å². The highest BCUT2D eigenvalue weighted by Gasteiger charge is 2.17. The molecule has 0 aliphatic carbocycles. The first-order valence-corrected chi connectivity index (χ1v) is 10.3. The lowest BCUT2D eigenvalue weighted by Gasteiger charge is -2.19. The van der Waals surface area contributed by atoms with Crippen molar-refractivity contribution in [2.45, 2.75) is 37.2 Å². The molecule has 0 saturated heterocycles. The molecule has 4 N–H and O–H groups in total. The van der Waals surface area contributed by atoms with Gasteiger partial charge >= 0.3 is 0 Å². The molecule has 138 valence electrons. The lowest BCUT2D eigenvalue weighted by molar-refractivity contribution is 0.259. The molecule has 1 aromatic carbocycles. The van der Waals surface area contributed by atoms with E-state index in [4.69, 9.17) is 5.73 Å². The Morgan fingerprint density at radius 2 is 1.96 bits per heavy atom. The Balaban J connectivity index is 1.85. The molecule has 2 heterocycles. The van der Waals surface area contributed by atoms with Gasteiger partial charge in [0.2, 0.25) is 0 Å². The van der Waals surface area contributed by atoms with Crippen molar-refractivity contribution in [2.24, 2.45) is 5.92 Å². The van der Waals surface area contributed by atoms with Gasteiger partial charge in [-0.1, -0.05) is 67.3 Å². The summed E-state index contributed by atoms with van der Waals surface area (Å²) in [5.74, 6) is 1.94. The van der Waals surface area contributed by atoms with Gasteiger partial charge in [0, 0.05) is 5.75 Å². The first kappa shape index (κ1) is 18.9. The van der Waals surface area contributed by atoms with Gasteiger partial charge in [-0.25, -0.2) is 15.0 Å². The number of aliphatic hydroxyl groups excluding tert-OH is 1. The SMILES string of the molecule is CC(C)C[C@@H](CO)Nc1nc(SCc2ccccc2)nc2nc(N)sc12. The number of nitrogen functional groups attached to an aromatic ring is 1. The molecular formula is C18H23N5OS2. The number of hydrogen-bond acceptors (Lipinski definition) is 8. The first-order valence-electron chi connectivity index (χ1n) is 8.53. The molecule has 0 fully saturated rings. The van der Waals surface area contributed by atoms with Crippen LogP contribution in [0.5, 0.6) is 0 Å². The molecule has 6 nitrogen and oxygen atoms in total. The summed E-state index contributed by atoms with van der Waals surface area (Å²) in [6.45, 7) is 4.31. The number of hydrogen-bond donors (Lipinski definition) is 3. The van der Waals surface area contributed by atoms with Crippen LogP contribution in [0.2, 0.25) is 0 Å². The van der Waals surface area contributed by atoms with Crippen LogP contribution in [0.4, 0.5) is 10.9 Å². The average Bonchev–Trinajstić information content (AvgIpc) is 3.00. The molecule has 3 aromatic rings. The van der Waals surface area contributed by atoms with E-state index in [1.54, 1.807) is 11.8 Å². The van der Waals surface area contributed by atoms with Crippen molar-refractivity contribution in [1.82, 2.24) is 15.0 Å². The van der Waals surface area contributed by atoms with Gasteiger partial charge in [-0.3, -0.25) is 0 Å². The average molecular weight is 390 g/mol. The number of fused-ring (bicyclic) bond motifs is 1. The number of aliphatic hydroxyl groups is 1. The molecule has 0 saturated carbocycles. The second-order valence-electron chi connectivity index (χ2n) is 6.49. The van der Waals surface area contributed by atoms with Crippen LogP contribution in [0.15, 0.2) is 35.5 Å². The number of rotatable bonds is 8. The molecule has 3 rings (SSSR count). The summed E-state index contributed by atoms with van der Waals surface area (Å²) in [4.78, 5) is 13.5. The highest BCUT2D eigenvalue weighted by atomic mass is 32.2. The van der Waals surface area contributed by atoms with E-state index in [9.17, 15) is 5.11 Å². The summed E-state index contributed by atoms with van der Waals surface area (Å²) in [7, 11) is 0. The second kappa shape index (κ2) is 8.66. The molecule has 0 amide bonds. The molecule has 8 heteroatoms. The molecule has 1 atom stereocenters. The Labute approximate surface area is 161 Å². The molecule has 0 aliphatic rings. The lowest BCUT2D eigenvalue weighted by atomic mass is 10.0. The normalized spacial score (nSPS) is 12.6. The lowest BCUT2D eigenvalue weighted by Crippen LogP contribution is -2.26. The molecular weight excluding hydrogens is 366 g/mol. The fourth-order valence-electron chi connectivity index (χ4n) is 2.65. The quantitative estimate of drug-likeness (QED) is 0.398. The Bertz CT molecular complexity index is 853. The first-order chi connectivity index (χ1) is 12.5. The third-order valence-corrected chi connectivity index (χ3v) is 5.58. The van der Waals surface area contributed by atoms with Gasteiger partial charge in [0.1, 0.15) is 4.70 Å². The van der Waals surface area contributed by atoms with Gasteiger partial charge in [0.25, 0.3) is 0 Å². The largest absolute Gasteiger partial charge is 0.394 e. The Hall–Kier alpha value is -1.90. The standard InChI is InChI=1S/C18H23N5OS2/c1-11(2)8-13(9-24)20-15-14-16(21-17(19)26-14)23-18(22-15)25-10-12-6-4-3-5-7-12/h3-7,11,13,24H,8-10H2,1-2H3,(H3,19,20,21,22,23)/t13-/m0/s1. The van der Waals surface area contributed by atoms with Crippen molar-refractivity contribution in [3.63, 3.8) is 0 Å². The number of nitrogens with two attached hydrogens (primary N) is 1. The number of anilines is 2. The summed E-state index contributed by atoms with van der Waals surface area (Å²) in [6.07, 6.45) is 0.850. The maximum Gasteiger partial charge on any atom is 0.191 e. The molecule has 0 bridgehead atoms. The van der Waals surface area contributed by atoms with E-state index >= 15 is 0 Å². The van der Waals surface area contributed by atoms with E-state index in [-0.39, 0.29) is 12.6 Å². The van der Waals surface area contributed by atoms with Crippen LogP contribution in [0.3, 0.4) is 0 Å². The smallest absolute Gasteiger partial charge is 0.191 e. The van der Waals surface area contributed by atoms with Gasteiger partial charge in [0.15, 0.2) is 21.8 Å². The van der Waals surface area contributed by atoms with Crippen LogP contribution < -0.4 is 11.1 Å². The zero-order chi connectivity index (χ0) is 18.5. The van der Waals surface area contributed by atoms with Crippen LogP contribution in [-0.2, 0) is 5.75 Å². The molecule has 0 unspecified atom stereocenters. The van der Waals surface area contributed by atoms with Crippen LogP contribution in [0.1, 0.15) is 25.8 Å². The van der Waals surface area contributed by atoms with Crippen LogP contribution in [0.25, 0.3) is 10.3 Å². The van der Waals surface area contributed by atoms with E-state index < -0.39 is 0 Å². The van der Waals surface area contributed by atoms with Crippen molar-refractivity contribution in [1.29, 1.82) is 0 Å². The minimum absolute atomic E-state index is 0.0461. The molecule has 0 radical (unpaired) electrons. The monoisotopic (exact) mass is 389 g/mol. The van der Waals surface area contributed by atoms with Gasteiger partial charge in [-0.15, -0.1) is 0 Å². The molecule has 26 heavy (non-hydrogen) atoms. The van der Waals surface area contributed by atoms with Gasteiger partial charge in [0.05, 0.1) is 12.6 Å². The summed E-state index contributed by atoms with van der Waals surface area (Å²) in [6, 6.07) is 10.1. The molecule has 0 spiro atoms. The second-order valence-corrected chi connectivity index (χ2v) is 8.46. The van der Waals surface area contributed by atoms with E-state index in [1.807, 2.05) is 18.2 Å². The van der Waals surface area contributed by atoms with Crippen LogP contribution in [0, 0.1) is 5.92 Å². The number of nitrogens with one attached hydrogen (secondary N) is 1. The maximum atomic E-state index is 9.69. The van der Waals surface area contributed by atoms with E-state index in [1.165, 1.54) is 16.9 Å². The van der Waals surface area contributed by atoms with Crippen molar-refractivity contribution in [3.05, 3.63) is 35.9 Å². The van der Waals surface area contributed by atoms with Gasteiger partial charge < -0.3 is 16.2 Å². The number of benzene rings is 1. The third-order valence-electron chi connectivity index (χ3n) is 3.78. The number of nitrogens with zero attached hydrogens (tertiary/aromatic N) is 3. The summed E-state index contributed by atoms with van der Waals surface area (Å²) < 4.78 is 0.828. The minimum Gasteiger partial charge on any atom is -0.394 e. The van der Waals surface area contributed by atoms with Gasteiger partial charge in [-0.2, -0.15) is 0 Å². The maximum absolute atomic E-state index is 9.69. The van der Waals surface area contributed by atoms with Gasteiger partial charge in [-0.05, 0) is 17.9 Å². The van der Waals surface area contributed by atoms with Crippen molar-refractivity contribution in [2.75, 3.05) is 17.7 Å². The third kappa shape index (κ3) is 4.84. The Kier molecular flexibility index (Phi) is 6.29. The zero-order valence-corrected chi connectivity index (χ0v) is 16.5. The van der Waals surface area contributed by atoms with E-state index in [2.05, 4.69) is 46.2 Å². The Morgan fingerprint density at radius 3 is 2.65 bits per heavy atom. The molecule has 0 aliphatic heterocycles. The fourth-order valence-corrected chi connectivity index (χ4v) is 4.17. The predicted octanol–water partition coefficient (Wildman–Crippen LogP) is 3.78. The number of aromatic nitrogens is 3. The van der Waals surface area contributed by atoms with Crippen LogP contribution >= 0.6 is 23.1 Å². The predicted molar refractivity (Wildman–Crippen MR) is 110 cm³/mol. The zero-order valence-electron chi connectivity index (χ0n) is 14.8. The highest BCUT2D eigenvalue weighted by Crippen LogP contribution is 2.32. The topological polar surface area (TPSA) is 97.0 Å². The van der Waals surface area contributed by atoms with Crippen molar-refractivity contribution < 1.29 is 5.11 Å². The molecule has 2 aromatic heterocycles. The number of thiazole rings is 1. The summed E-state index contributed by atoms with van der Waals surface area (Å²) in [5, 5.41) is 14.2. The minimum atomic E-state index is -0.0663. The summed E-state index contributed by atoms with van der Waals surface area (Å²) in [5.41, 5.74) is 7.68. The van der Waals surface area contributed by atoms with E-state index in [0.29, 0.717) is 27.7 Å². The fraction of sp³-hybridized carbons (Fsp3) is 0.389. The van der Waals surface area contributed by atoms with Crippen molar-refractivity contribution in [3.8, 4) is 0 Å². The Morgan fingerprint density at radius 1 is 1.19 bits per heavy atom.